The summed E-state index contributed by atoms with van der Waals surface area (Å²) in [6, 6.07) is 4.19. The molecule has 0 radical (unpaired) electrons. The predicted octanol–water partition coefficient (Wildman–Crippen LogP) is 3.50. The predicted molar refractivity (Wildman–Crippen MR) is 79.2 cm³/mol. The minimum absolute atomic E-state index is 0. The Labute approximate surface area is 121 Å². The van der Waals surface area contributed by atoms with Gasteiger partial charge in [-0.05, 0) is 61.0 Å². The Hall–Kier alpha value is -0.600. The van der Waals surface area contributed by atoms with Crippen LogP contribution < -0.4 is 5.73 Å². The van der Waals surface area contributed by atoms with Gasteiger partial charge in [0.2, 0.25) is 0 Å². The largest absolute Gasteiger partial charge is 0.326 e. The molecule has 1 heterocycles. The molecule has 3 aliphatic rings. The fourth-order valence-corrected chi connectivity index (χ4v) is 5.34. The first-order valence-electron chi connectivity index (χ1n) is 7.52. The molecule has 1 aromatic heterocycles. The van der Waals surface area contributed by atoms with Gasteiger partial charge in [-0.2, -0.15) is 0 Å². The molecular formula is C16H23ClN2. The van der Waals surface area contributed by atoms with Gasteiger partial charge in [0.15, 0.2) is 0 Å². The first kappa shape index (κ1) is 13.4. The standard InChI is InChI=1S/C16H22N2.ClH/c17-9-10-3-2-6-18-16(10)15-8-11-7-14(15)13-5-1-4-12(11)13;/h2-3,6,11-15H,1,4-5,7-9,17H2;1H. The Morgan fingerprint density at radius 3 is 2.84 bits per heavy atom. The first-order chi connectivity index (χ1) is 8.88. The highest BCUT2D eigenvalue weighted by molar-refractivity contribution is 5.85. The van der Waals surface area contributed by atoms with E-state index in [1.54, 1.807) is 0 Å². The van der Waals surface area contributed by atoms with Gasteiger partial charge in [0, 0.05) is 24.4 Å². The molecule has 3 aliphatic carbocycles. The van der Waals surface area contributed by atoms with Crippen LogP contribution in [-0.4, -0.2) is 4.98 Å². The molecule has 3 heteroatoms. The van der Waals surface area contributed by atoms with E-state index in [0.717, 1.165) is 23.7 Å². The van der Waals surface area contributed by atoms with Crippen LogP contribution in [0.4, 0.5) is 0 Å². The van der Waals surface area contributed by atoms with Gasteiger partial charge < -0.3 is 5.73 Å². The van der Waals surface area contributed by atoms with Crippen LogP contribution in [0, 0.1) is 23.7 Å². The van der Waals surface area contributed by atoms with E-state index in [0.29, 0.717) is 12.5 Å². The average Bonchev–Trinajstić information content (AvgIpc) is 3.10. The van der Waals surface area contributed by atoms with Gasteiger partial charge in [0.1, 0.15) is 0 Å². The maximum Gasteiger partial charge on any atom is 0.0482 e. The Bertz CT molecular complexity index is 462. The summed E-state index contributed by atoms with van der Waals surface area (Å²) >= 11 is 0. The van der Waals surface area contributed by atoms with E-state index >= 15 is 0 Å². The zero-order valence-corrected chi connectivity index (χ0v) is 12.1. The molecule has 5 atom stereocenters. The smallest absolute Gasteiger partial charge is 0.0482 e. The molecule has 0 aliphatic heterocycles. The lowest BCUT2D eigenvalue weighted by Gasteiger charge is -2.32. The molecule has 19 heavy (non-hydrogen) atoms. The molecule has 4 rings (SSSR count). The van der Waals surface area contributed by atoms with Gasteiger partial charge in [-0.3, -0.25) is 4.98 Å². The third kappa shape index (κ3) is 1.92. The van der Waals surface area contributed by atoms with Gasteiger partial charge in [-0.25, -0.2) is 0 Å². The van der Waals surface area contributed by atoms with Crippen LogP contribution in [0.15, 0.2) is 18.3 Å². The van der Waals surface area contributed by atoms with Gasteiger partial charge in [-0.1, -0.05) is 12.5 Å². The number of rotatable bonds is 2. The van der Waals surface area contributed by atoms with Gasteiger partial charge in [0.05, 0.1) is 0 Å². The zero-order valence-electron chi connectivity index (χ0n) is 11.3. The topological polar surface area (TPSA) is 38.9 Å². The fraction of sp³-hybridized carbons (Fsp3) is 0.688. The first-order valence-corrected chi connectivity index (χ1v) is 7.52. The second-order valence-corrected chi connectivity index (χ2v) is 6.51. The van der Waals surface area contributed by atoms with Crippen molar-refractivity contribution in [2.45, 2.75) is 44.6 Å². The lowest BCUT2D eigenvalue weighted by Crippen LogP contribution is -2.24. The van der Waals surface area contributed by atoms with Crippen molar-refractivity contribution in [2.75, 3.05) is 0 Å². The molecular weight excluding hydrogens is 256 g/mol. The summed E-state index contributed by atoms with van der Waals surface area (Å²) < 4.78 is 0. The van der Waals surface area contributed by atoms with Crippen LogP contribution in [0.3, 0.4) is 0 Å². The number of nitrogens with zero attached hydrogens (tertiary/aromatic N) is 1. The van der Waals surface area contributed by atoms with E-state index in [4.69, 9.17) is 5.73 Å². The van der Waals surface area contributed by atoms with Gasteiger partial charge in [0.25, 0.3) is 0 Å². The van der Waals surface area contributed by atoms with Crippen LogP contribution in [0.2, 0.25) is 0 Å². The summed E-state index contributed by atoms with van der Waals surface area (Å²) in [6.07, 6.45) is 9.27. The molecule has 0 saturated heterocycles. The molecule has 2 bridgehead atoms. The normalized spacial score (nSPS) is 39.1. The third-order valence-corrected chi connectivity index (χ3v) is 5.93. The van der Waals surface area contributed by atoms with E-state index in [2.05, 4.69) is 11.1 Å². The minimum atomic E-state index is 0. The van der Waals surface area contributed by atoms with Crippen LogP contribution >= 0.6 is 12.4 Å². The summed E-state index contributed by atoms with van der Waals surface area (Å²) in [4.78, 5) is 4.68. The van der Waals surface area contributed by atoms with E-state index in [1.807, 2.05) is 12.3 Å². The summed E-state index contributed by atoms with van der Waals surface area (Å²) in [5, 5.41) is 0. The number of fused-ring (bicyclic) bond motifs is 5. The van der Waals surface area contributed by atoms with E-state index in [1.165, 1.54) is 43.4 Å². The van der Waals surface area contributed by atoms with Gasteiger partial charge >= 0.3 is 0 Å². The molecule has 0 aromatic carbocycles. The van der Waals surface area contributed by atoms with Crippen LogP contribution in [0.1, 0.15) is 49.3 Å². The highest BCUT2D eigenvalue weighted by atomic mass is 35.5. The Balaban J connectivity index is 0.00000110. The van der Waals surface area contributed by atoms with E-state index < -0.39 is 0 Å². The number of nitrogens with two attached hydrogens (primary N) is 1. The molecule has 5 unspecified atom stereocenters. The monoisotopic (exact) mass is 278 g/mol. The summed E-state index contributed by atoms with van der Waals surface area (Å²) in [5.74, 6) is 4.72. The molecule has 2 N–H and O–H groups in total. The van der Waals surface area contributed by atoms with Crippen molar-refractivity contribution in [3.8, 4) is 0 Å². The van der Waals surface area contributed by atoms with E-state index in [9.17, 15) is 0 Å². The second kappa shape index (κ2) is 5.06. The highest BCUT2D eigenvalue weighted by Crippen LogP contribution is 2.63. The maximum absolute atomic E-state index is 5.88. The van der Waals surface area contributed by atoms with Crippen molar-refractivity contribution in [3.05, 3.63) is 29.6 Å². The van der Waals surface area contributed by atoms with Crippen LogP contribution in [-0.2, 0) is 6.54 Å². The SMILES string of the molecule is Cl.NCc1cccnc1C1CC2CC1C1CCCC21. The number of pyridine rings is 1. The van der Waals surface area contributed by atoms with Gasteiger partial charge in [-0.15, -0.1) is 12.4 Å². The molecule has 1 aromatic rings. The third-order valence-electron chi connectivity index (χ3n) is 5.93. The summed E-state index contributed by atoms with van der Waals surface area (Å²) in [5.41, 5.74) is 8.50. The zero-order chi connectivity index (χ0) is 12.1. The number of halogens is 1. The van der Waals surface area contributed by atoms with Crippen molar-refractivity contribution in [3.63, 3.8) is 0 Å². The number of hydrogen-bond acceptors (Lipinski definition) is 2. The average molecular weight is 279 g/mol. The maximum atomic E-state index is 5.88. The van der Waals surface area contributed by atoms with E-state index in [-0.39, 0.29) is 12.4 Å². The van der Waals surface area contributed by atoms with Crippen molar-refractivity contribution in [2.24, 2.45) is 29.4 Å². The number of aromatic nitrogens is 1. The molecule has 3 saturated carbocycles. The Morgan fingerprint density at radius 1 is 1.16 bits per heavy atom. The van der Waals surface area contributed by atoms with Crippen LogP contribution in [0.5, 0.6) is 0 Å². The molecule has 104 valence electrons. The summed E-state index contributed by atoms with van der Waals surface area (Å²) in [6.45, 7) is 0.644. The van der Waals surface area contributed by atoms with Crippen molar-refractivity contribution in [1.29, 1.82) is 0 Å². The highest BCUT2D eigenvalue weighted by Gasteiger charge is 2.54. The summed E-state index contributed by atoms with van der Waals surface area (Å²) in [7, 11) is 0. The molecule has 3 fully saturated rings. The molecule has 0 amide bonds. The number of hydrogen-bond donors (Lipinski definition) is 1. The van der Waals surface area contributed by atoms with Crippen molar-refractivity contribution in [1.82, 2.24) is 4.98 Å². The minimum Gasteiger partial charge on any atom is -0.326 e. The lowest BCUT2D eigenvalue weighted by molar-refractivity contribution is 0.229. The van der Waals surface area contributed by atoms with Crippen molar-refractivity contribution < 1.29 is 0 Å². The lowest BCUT2D eigenvalue weighted by atomic mass is 9.74. The fourth-order valence-electron chi connectivity index (χ4n) is 5.34. The molecule has 2 nitrogen and oxygen atoms in total. The Morgan fingerprint density at radius 2 is 2.00 bits per heavy atom. The second-order valence-electron chi connectivity index (χ2n) is 6.51. The Kier molecular flexibility index (Phi) is 3.57. The van der Waals surface area contributed by atoms with Crippen LogP contribution in [0.25, 0.3) is 0 Å². The quantitative estimate of drug-likeness (QED) is 0.899. The van der Waals surface area contributed by atoms with Crippen molar-refractivity contribution >= 4 is 12.4 Å². The molecule has 0 spiro atoms.